The van der Waals surface area contributed by atoms with Crippen molar-refractivity contribution in [3.05, 3.63) is 0 Å². The Balaban J connectivity index is 2.54. The summed E-state index contributed by atoms with van der Waals surface area (Å²) in [5.41, 5.74) is 0. The van der Waals surface area contributed by atoms with Gasteiger partial charge in [-0.3, -0.25) is 0 Å². The zero-order chi connectivity index (χ0) is 12.2. The third-order valence-corrected chi connectivity index (χ3v) is 4.19. The lowest BCUT2D eigenvalue weighted by atomic mass is 10.2. The monoisotopic (exact) mass is 253 g/mol. The predicted molar refractivity (Wildman–Crippen MR) is 59.2 cm³/mol. The minimum atomic E-state index is -3.55. The van der Waals surface area contributed by atoms with Gasteiger partial charge < -0.3 is 15.2 Å². The van der Waals surface area contributed by atoms with Gasteiger partial charge in [0.1, 0.15) is 0 Å². The van der Waals surface area contributed by atoms with E-state index in [1.807, 2.05) is 0 Å². The van der Waals surface area contributed by atoms with Crippen LogP contribution in [0.15, 0.2) is 0 Å². The fraction of sp³-hybridized carbons (Fsp3) is 1.00. The molecule has 7 nitrogen and oxygen atoms in total. The van der Waals surface area contributed by atoms with E-state index >= 15 is 0 Å². The van der Waals surface area contributed by atoms with E-state index in [0.29, 0.717) is 19.7 Å². The van der Waals surface area contributed by atoms with Crippen molar-refractivity contribution in [1.29, 1.82) is 0 Å². The quantitative estimate of drug-likeness (QED) is 0.464. The first kappa shape index (κ1) is 13.8. The lowest BCUT2D eigenvalue weighted by Crippen LogP contribution is -2.49. The molecule has 0 aliphatic carbocycles. The summed E-state index contributed by atoms with van der Waals surface area (Å²) in [5, 5.41) is 12.5. The van der Waals surface area contributed by atoms with Gasteiger partial charge in [0, 0.05) is 33.8 Å². The summed E-state index contributed by atoms with van der Waals surface area (Å²) in [5.74, 6) is 0. The Kier molecular flexibility index (Phi) is 5.09. The molecule has 1 fully saturated rings. The SMILES string of the molecule is COCCNS(=O)(=O)N(C)[C@@H]1CNC[C@H]1O. The second-order valence-electron chi connectivity index (χ2n) is 3.70. The number of hydrogen-bond acceptors (Lipinski definition) is 5. The molecule has 1 aliphatic rings. The van der Waals surface area contributed by atoms with E-state index in [4.69, 9.17) is 4.74 Å². The van der Waals surface area contributed by atoms with Crippen LogP contribution in [-0.4, -0.2) is 70.4 Å². The molecule has 16 heavy (non-hydrogen) atoms. The Morgan fingerprint density at radius 2 is 2.25 bits per heavy atom. The highest BCUT2D eigenvalue weighted by atomic mass is 32.2. The van der Waals surface area contributed by atoms with E-state index in [1.54, 1.807) is 0 Å². The fourth-order valence-corrected chi connectivity index (χ4v) is 2.69. The molecule has 0 aromatic heterocycles. The van der Waals surface area contributed by atoms with Crippen molar-refractivity contribution < 1.29 is 18.3 Å². The lowest BCUT2D eigenvalue weighted by molar-refractivity contribution is 0.135. The molecule has 0 aromatic rings. The Bertz CT molecular complexity index is 308. The van der Waals surface area contributed by atoms with Gasteiger partial charge in [-0.15, -0.1) is 0 Å². The van der Waals surface area contributed by atoms with Crippen LogP contribution >= 0.6 is 0 Å². The van der Waals surface area contributed by atoms with Crippen molar-refractivity contribution in [2.24, 2.45) is 0 Å². The topological polar surface area (TPSA) is 90.9 Å². The van der Waals surface area contributed by atoms with Crippen LogP contribution in [0, 0.1) is 0 Å². The molecule has 2 atom stereocenters. The van der Waals surface area contributed by atoms with Crippen LogP contribution < -0.4 is 10.0 Å². The average molecular weight is 253 g/mol. The molecule has 0 amide bonds. The van der Waals surface area contributed by atoms with Gasteiger partial charge in [0.15, 0.2) is 0 Å². The van der Waals surface area contributed by atoms with Crippen LogP contribution in [0.2, 0.25) is 0 Å². The first-order valence-electron chi connectivity index (χ1n) is 5.09. The van der Waals surface area contributed by atoms with Gasteiger partial charge in [0.25, 0.3) is 10.2 Å². The van der Waals surface area contributed by atoms with Crippen molar-refractivity contribution in [3.8, 4) is 0 Å². The van der Waals surface area contributed by atoms with E-state index in [9.17, 15) is 13.5 Å². The summed E-state index contributed by atoms with van der Waals surface area (Å²) in [7, 11) is -0.589. The smallest absolute Gasteiger partial charge is 0.279 e. The normalized spacial score (nSPS) is 26.5. The van der Waals surface area contributed by atoms with E-state index in [1.165, 1.54) is 14.2 Å². The summed E-state index contributed by atoms with van der Waals surface area (Å²) >= 11 is 0. The van der Waals surface area contributed by atoms with Gasteiger partial charge in [0.05, 0.1) is 18.8 Å². The molecule has 0 spiro atoms. The summed E-state index contributed by atoms with van der Waals surface area (Å²) in [6.45, 7) is 1.42. The minimum absolute atomic E-state index is 0.222. The van der Waals surface area contributed by atoms with Crippen molar-refractivity contribution in [3.63, 3.8) is 0 Å². The lowest BCUT2D eigenvalue weighted by Gasteiger charge is -2.25. The second kappa shape index (κ2) is 5.89. The number of nitrogens with zero attached hydrogens (tertiary/aromatic N) is 1. The van der Waals surface area contributed by atoms with Gasteiger partial charge >= 0.3 is 0 Å². The third-order valence-electron chi connectivity index (χ3n) is 2.59. The molecular formula is C8H19N3O4S. The van der Waals surface area contributed by atoms with Crippen molar-refractivity contribution in [2.75, 3.05) is 40.4 Å². The number of aliphatic hydroxyl groups is 1. The van der Waals surface area contributed by atoms with E-state index in [-0.39, 0.29) is 6.54 Å². The molecule has 3 N–H and O–H groups in total. The van der Waals surface area contributed by atoms with Crippen LogP contribution in [0.1, 0.15) is 0 Å². The highest BCUT2D eigenvalue weighted by Crippen LogP contribution is 2.10. The van der Waals surface area contributed by atoms with Crippen LogP contribution in [0.25, 0.3) is 0 Å². The van der Waals surface area contributed by atoms with Gasteiger partial charge in [-0.1, -0.05) is 0 Å². The minimum Gasteiger partial charge on any atom is -0.390 e. The van der Waals surface area contributed by atoms with Crippen LogP contribution in [0.3, 0.4) is 0 Å². The van der Waals surface area contributed by atoms with Gasteiger partial charge in [0.2, 0.25) is 0 Å². The summed E-state index contributed by atoms with van der Waals surface area (Å²) in [4.78, 5) is 0. The number of aliphatic hydroxyl groups excluding tert-OH is 1. The van der Waals surface area contributed by atoms with E-state index < -0.39 is 22.4 Å². The molecule has 1 aliphatic heterocycles. The molecule has 0 aromatic carbocycles. The third kappa shape index (κ3) is 3.37. The second-order valence-corrected chi connectivity index (χ2v) is 5.52. The first-order valence-corrected chi connectivity index (χ1v) is 6.53. The number of likely N-dealkylation sites (N-methyl/N-ethyl adjacent to an activating group) is 1. The standard InChI is InChI=1S/C8H19N3O4S/c1-11(7-5-9-6-8(7)12)16(13,14)10-3-4-15-2/h7-10,12H,3-6H2,1-2H3/t7-,8-/m1/s1. The van der Waals surface area contributed by atoms with Gasteiger partial charge in [-0.05, 0) is 0 Å². The molecule has 1 rings (SSSR count). The Morgan fingerprint density at radius 1 is 1.56 bits per heavy atom. The van der Waals surface area contributed by atoms with E-state index in [0.717, 1.165) is 4.31 Å². The largest absolute Gasteiger partial charge is 0.390 e. The molecule has 1 saturated heterocycles. The van der Waals surface area contributed by atoms with Gasteiger partial charge in [-0.2, -0.15) is 17.4 Å². The van der Waals surface area contributed by atoms with E-state index in [2.05, 4.69) is 10.0 Å². The Morgan fingerprint density at radius 3 is 2.75 bits per heavy atom. The highest BCUT2D eigenvalue weighted by Gasteiger charge is 2.34. The van der Waals surface area contributed by atoms with Crippen LogP contribution in [-0.2, 0) is 14.9 Å². The average Bonchev–Trinajstić information content (AvgIpc) is 2.63. The molecule has 8 heteroatoms. The van der Waals surface area contributed by atoms with Crippen LogP contribution in [0.5, 0.6) is 0 Å². The number of rotatable bonds is 6. The molecule has 0 unspecified atom stereocenters. The number of nitrogens with one attached hydrogen (secondary N) is 2. The van der Waals surface area contributed by atoms with Crippen molar-refractivity contribution >= 4 is 10.2 Å². The summed E-state index contributed by atoms with van der Waals surface area (Å²) < 4.78 is 31.8. The number of methoxy groups -OCH3 is 1. The number of ether oxygens (including phenoxy) is 1. The maximum atomic E-state index is 11.8. The fourth-order valence-electron chi connectivity index (χ4n) is 1.57. The molecule has 1 heterocycles. The van der Waals surface area contributed by atoms with Crippen molar-refractivity contribution in [2.45, 2.75) is 12.1 Å². The van der Waals surface area contributed by atoms with Gasteiger partial charge in [-0.25, -0.2) is 0 Å². The Labute approximate surface area is 96.0 Å². The molecule has 96 valence electrons. The summed E-state index contributed by atoms with van der Waals surface area (Å²) in [6.07, 6.45) is -0.663. The molecule has 0 bridgehead atoms. The van der Waals surface area contributed by atoms with Crippen molar-refractivity contribution in [1.82, 2.24) is 14.3 Å². The highest BCUT2D eigenvalue weighted by molar-refractivity contribution is 7.87. The molecular weight excluding hydrogens is 234 g/mol. The molecule has 0 radical (unpaired) electrons. The number of β-amino-alcohol motifs (C(OH)–C–C–N with tert-alkyl or cyclic N) is 1. The maximum absolute atomic E-state index is 11.8. The summed E-state index contributed by atoms with van der Waals surface area (Å²) in [6, 6.07) is -0.417. The zero-order valence-electron chi connectivity index (χ0n) is 9.51. The maximum Gasteiger partial charge on any atom is 0.279 e. The molecule has 0 saturated carbocycles. The number of hydrogen-bond donors (Lipinski definition) is 3. The first-order chi connectivity index (χ1) is 7.49. The Hall–Kier alpha value is -0.250. The van der Waals surface area contributed by atoms with Crippen LogP contribution in [0.4, 0.5) is 0 Å². The zero-order valence-corrected chi connectivity index (χ0v) is 10.3. The predicted octanol–water partition coefficient (Wildman–Crippen LogP) is -2.27.